The minimum atomic E-state index is -1.20. The Morgan fingerprint density at radius 1 is 1.13 bits per heavy atom. The number of nitrogens with one attached hydrogen (secondary N) is 2. The summed E-state index contributed by atoms with van der Waals surface area (Å²) in [6.45, 7) is 3.26. The maximum absolute atomic E-state index is 12.1. The monoisotopic (exact) mass is 423 g/mol. The fraction of sp³-hybridized carbons (Fsp3) is 0.500. The van der Waals surface area contributed by atoms with Crippen molar-refractivity contribution in [3.05, 3.63) is 35.9 Å². The zero-order chi connectivity index (χ0) is 22.5. The van der Waals surface area contributed by atoms with Gasteiger partial charge in [0.2, 0.25) is 11.8 Å². The van der Waals surface area contributed by atoms with Gasteiger partial charge in [0.15, 0.2) is 0 Å². The number of primary amides is 1. The van der Waals surface area contributed by atoms with Crippen LogP contribution in [0.15, 0.2) is 30.3 Å². The van der Waals surface area contributed by atoms with E-state index < -0.39 is 41.9 Å². The van der Waals surface area contributed by atoms with Gasteiger partial charge in [0.05, 0.1) is 25.0 Å². The number of nitrogens with two attached hydrogens (primary N) is 1. The van der Waals surface area contributed by atoms with Crippen molar-refractivity contribution in [1.82, 2.24) is 10.6 Å². The van der Waals surface area contributed by atoms with Gasteiger partial charge in [-0.3, -0.25) is 14.4 Å². The highest BCUT2D eigenvalue weighted by Gasteiger charge is 2.26. The number of carbonyl (C=O) groups excluding carboxylic acids is 4. The minimum absolute atomic E-state index is 0.0277. The number of esters is 1. The number of aliphatic hydroxyl groups is 1. The first-order chi connectivity index (χ1) is 14.2. The van der Waals surface area contributed by atoms with E-state index in [0.29, 0.717) is 0 Å². The van der Waals surface area contributed by atoms with Crippen LogP contribution >= 0.6 is 0 Å². The normalized spacial score (nSPS) is 13.4. The van der Waals surface area contributed by atoms with Crippen LogP contribution in [0.2, 0.25) is 0 Å². The first-order valence-electron chi connectivity index (χ1n) is 9.60. The molecule has 3 amide bonds. The summed E-state index contributed by atoms with van der Waals surface area (Å²) >= 11 is 0. The Bertz CT molecular complexity index is 712. The first-order valence-corrected chi connectivity index (χ1v) is 9.60. The lowest BCUT2D eigenvalue weighted by Gasteiger charge is -2.20. The van der Waals surface area contributed by atoms with E-state index in [1.165, 1.54) is 0 Å². The van der Waals surface area contributed by atoms with Gasteiger partial charge in [0, 0.05) is 6.54 Å². The average molecular weight is 423 g/mol. The van der Waals surface area contributed by atoms with Gasteiger partial charge in [-0.2, -0.15) is 0 Å². The molecule has 0 spiro atoms. The summed E-state index contributed by atoms with van der Waals surface area (Å²) in [5, 5.41) is 14.7. The largest absolute Gasteiger partial charge is 0.466 e. The molecule has 0 fully saturated rings. The number of amides is 3. The summed E-state index contributed by atoms with van der Waals surface area (Å²) in [6, 6.07) is 7.96. The Kier molecular flexibility index (Phi) is 10.9. The Morgan fingerprint density at radius 3 is 2.40 bits per heavy atom. The molecule has 1 aromatic carbocycles. The molecular formula is C20H29N3O7. The summed E-state index contributed by atoms with van der Waals surface area (Å²) in [5.74, 6) is -2.61. The average Bonchev–Trinajstić information content (AvgIpc) is 2.70. The molecule has 0 radical (unpaired) electrons. The summed E-state index contributed by atoms with van der Waals surface area (Å²) in [4.78, 5) is 47.0. The molecule has 166 valence electrons. The quantitative estimate of drug-likeness (QED) is 0.350. The van der Waals surface area contributed by atoms with Crippen molar-refractivity contribution >= 4 is 23.9 Å². The summed E-state index contributed by atoms with van der Waals surface area (Å²) < 4.78 is 9.86. The van der Waals surface area contributed by atoms with Crippen molar-refractivity contribution in [3.8, 4) is 0 Å². The third kappa shape index (κ3) is 9.87. The molecule has 0 aliphatic carbocycles. The van der Waals surface area contributed by atoms with Gasteiger partial charge in [-0.05, 0) is 18.9 Å². The van der Waals surface area contributed by atoms with E-state index in [4.69, 9.17) is 15.2 Å². The van der Waals surface area contributed by atoms with Crippen molar-refractivity contribution in [2.75, 3.05) is 13.2 Å². The molecule has 0 saturated heterocycles. The predicted molar refractivity (Wildman–Crippen MR) is 107 cm³/mol. The van der Waals surface area contributed by atoms with Crippen LogP contribution < -0.4 is 16.4 Å². The van der Waals surface area contributed by atoms with Gasteiger partial charge in [-0.25, -0.2) is 4.79 Å². The zero-order valence-corrected chi connectivity index (χ0v) is 17.1. The maximum atomic E-state index is 12.1. The van der Waals surface area contributed by atoms with E-state index in [-0.39, 0.29) is 32.6 Å². The molecular weight excluding hydrogens is 394 g/mol. The second-order valence-corrected chi connectivity index (χ2v) is 6.71. The van der Waals surface area contributed by atoms with Crippen LogP contribution in [-0.2, 0) is 30.5 Å². The lowest BCUT2D eigenvalue weighted by molar-refractivity contribution is -0.148. The number of benzene rings is 1. The van der Waals surface area contributed by atoms with Gasteiger partial charge >= 0.3 is 12.1 Å². The molecule has 0 bridgehead atoms. The molecule has 1 aromatic rings. The molecule has 0 aromatic heterocycles. The Morgan fingerprint density at radius 2 is 1.80 bits per heavy atom. The summed E-state index contributed by atoms with van der Waals surface area (Å²) in [5.41, 5.74) is 6.08. The number of hydrogen-bond donors (Lipinski definition) is 4. The predicted octanol–water partition coefficient (Wildman–Crippen LogP) is 0.223. The van der Waals surface area contributed by atoms with Crippen molar-refractivity contribution in [2.24, 2.45) is 11.7 Å². The van der Waals surface area contributed by atoms with Crippen LogP contribution in [0.4, 0.5) is 4.79 Å². The molecule has 10 nitrogen and oxygen atoms in total. The number of ether oxygens (including phenoxy) is 2. The maximum Gasteiger partial charge on any atom is 0.407 e. The molecule has 0 aliphatic heterocycles. The van der Waals surface area contributed by atoms with Gasteiger partial charge in [0.25, 0.3) is 0 Å². The molecule has 30 heavy (non-hydrogen) atoms. The van der Waals surface area contributed by atoms with E-state index in [2.05, 4.69) is 10.6 Å². The number of carbonyl (C=O) groups is 4. The molecule has 0 heterocycles. The van der Waals surface area contributed by atoms with Crippen molar-refractivity contribution < 1.29 is 33.8 Å². The zero-order valence-electron chi connectivity index (χ0n) is 17.1. The van der Waals surface area contributed by atoms with E-state index >= 15 is 0 Å². The Labute approximate surface area is 175 Å². The number of aliphatic hydroxyl groups excluding tert-OH is 1. The van der Waals surface area contributed by atoms with Crippen LogP contribution in [0, 0.1) is 5.92 Å². The second-order valence-electron chi connectivity index (χ2n) is 6.71. The van der Waals surface area contributed by atoms with E-state index in [1.54, 1.807) is 26.0 Å². The Hall–Kier alpha value is -3.14. The highest BCUT2D eigenvalue weighted by atomic mass is 16.5. The molecule has 0 unspecified atom stereocenters. The summed E-state index contributed by atoms with van der Waals surface area (Å²) in [7, 11) is 0. The van der Waals surface area contributed by atoms with Gasteiger partial charge < -0.3 is 30.9 Å². The number of rotatable bonds is 12. The second kappa shape index (κ2) is 13.2. The molecule has 3 atom stereocenters. The van der Waals surface area contributed by atoms with Crippen LogP contribution in [-0.4, -0.2) is 54.3 Å². The number of alkyl carbamates (subject to hydrolysis) is 1. The van der Waals surface area contributed by atoms with E-state index in [0.717, 1.165) is 5.56 Å². The molecule has 0 saturated carbocycles. The minimum Gasteiger partial charge on any atom is -0.466 e. The van der Waals surface area contributed by atoms with Crippen LogP contribution in [0.25, 0.3) is 0 Å². The standard InChI is InChI=1S/C20H29N3O7/c1-3-29-19(27)13(2)9-16(18(21)26)23-17(25)10-15(24)11-22-20(28)30-12-14-7-5-4-6-8-14/h4-8,13,15-16,24H,3,9-12H2,1-2H3,(H2,21,26)(H,22,28)(H,23,25)/t13-,15-,16+/m1/s1. The van der Waals surface area contributed by atoms with E-state index in [9.17, 15) is 24.3 Å². The third-order valence-electron chi connectivity index (χ3n) is 4.07. The molecule has 10 heteroatoms. The topological polar surface area (TPSA) is 157 Å². The van der Waals surface area contributed by atoms with E-state index in [1.807, 2.05) is 18.2 Å². The van der Waals surface area contributed by atoms with Crippen LogP contribution in [0.5, 0.6) is 0 Å². The smallest absolute Gasteiger partial charge is 0.407 e. The lowest BCUT2D eigenvalue weighted by atomic mass is 10.0. The van der Waals surface area contributed by atoms with Crippen molar-refractivity contribution in [2.45, 2.75) is 45.4 Å². The molecule has 0 aliphatic rings. The fourth-order valence-corrected chi connectivity index (χ4v) is 2.50. The molecule has 5 N–H and O–H groups in total. The van der Waals surface area contributed by atoms with Crippen LogP contribution in [0.1, 0.15) is 32.3 Å². The lowest BCUT2D eigenvalue weighted by Crippen LogP contribution is -2.47. The summed E-state index contributed by atoms with van der Waals surface area (Å²) in [6.07, 6.45) is -2.35. The highest BCUT2D eigenvalue weighted by molar-refractivity contribution is 5.87. The van der Waals surface area contributed by atoms with Crippen LogP contribution in [0.3, 0.4) is 0 Å². The van der Waals surface area contributed by atoms with Gasteiger partial charge in [-0.1, -0.05) is 37.3 Å². The first kappa shape index (κ1) is 24.9. The van der Waals surface area contributed by atoms with Gasteiger partial charge in [-0.15, -0.1) is 0 Å². The Balaban J connectivity index is 2.37. The SMILES string of the molecule is CCOC(=O)[C@H](C)C[C@H](NC(=O)C[C@@H](O)CNC(=O)OCc1ccccc1)C(N)=O. The van der Waals surface area contributed by atoms with Crippen molar-refractivity contribution in [1.29, 1.82) is 0 Å². The third-order valence-corrected chi connectivity index (χ3v) is 4.07. The van der Waals surface area contributed by atoms with Crippen molar-refractivity contribution in [3.63, 3.8) is 0 Å². The fourth-order valence-electron chi connectivity index (χ4n) is 2.50. The number of hydrogen-bond acceptors (Lipinski definition) is 7. The highest BCUT2D eigenvalue weighted by Crippen LogP contribution is 2.09. The van der Waals surface area contributed by atoms with Gasteiger partial charge in [0.1, 0.15) is 12.6 Å². The molecule has 1 rings (SSSR count).